The van der Waals surface area contributed by atoms with E-state index in [0.29, 0.717) is 13.0 Å². The molecule has 2 aromatic carbocycles. The van der Waals surface area contributed by atoms with Crippen LogP contribution in [0.3, 0.4) is 0 Å². The van der Waals surface area contributed by atoms with Crippen LogP contribution in [-0.4, -0.2) is 11.8 Å². The summed E-state index contributed by atoms with van der Waals surface area (Å²) in [5.41, 5.74) is 1.86. The van der Waals surface area contributed by atoms with Crippen molar-refractivity contribution >= 4 is 11.8 Å². The number of benzene rings is 2. The summed E-state index contributed by atoms with van der Waals surface area (Å²) in [6.07, 6.45) is 0.572. The Balaban J connectivity index is 1.45. The van der Waals surface area contributed by atoms with Crippen LogP contribution in [0, 0.1) is 17.7 Å². The van der Waals surface area contributed by atoms with Gasteiger partial charge in [0.05, 0.1) is 17.9 Å². The molecule has 0 heterocycles. The molecule has 0 aliphatic heterocycles. The molecule has 5 heteroatoms. The van der Waals surface area contributed by atoms with Crippen molar-refractivity contribution in [1.29, 1.82) is 0 Å². The molecule has 2 N–H and O–H groups in total. The van der Waals surface area contributed by atoms with Crippen LogP contribution in [0.15, 0.2) is 54.6 Å². The van der Waals surface area contributed by atoms with Crippen LogP contribution in [0.2, 0.25) is 0 Å². The van der Waals surface area contributed by atoms with Crippen molar-refractivity contribution < 1.29 is 14.0 Å². The standard InChI is InChI=1S/C20H21FN2O2/c1-13(15-5-3-2-4-6-15)23-20(25)18-11-17(18)19(24)22-12-14-7-9-16(21)10-8-14/h2-10,13,17-18H,11-12H2,1H3,(H,22,24)(H,23,25). The lowest BCUT2D eigenvalue weighted by atomic mass is 10.1. The fourth-order valence-corrected chi connectivity index (χ4v) is 2.84. The van der Waals surface area contributed by atoms with Gasteiger partial charge in [0.1, 0.15) is 5.82 Å². The summed E-state index contributed by atoms with van der Waals surface area (Å²) in [6, 6.07) is 15.6. The van der Waals surface area contributed by atoms with Gasteiger partial charge < -0.3 is 10.6 Å². The van der Waals surface area contributed by atoms with Crippen LogP contribution in [0.25, 0.3) is 0 Å². The minimum absolute atomic E-state index is 0.0849. The van der Waals surface area contributed by atoms with Gasteiger partial charge in [-0.1, -0.05) is 42.5 Å². The zero-order valence-corrected chi connectivity index (χ0v) is 14.0. The summed E-state index contributed by atoms with van der Waals surface area (Å²) in [5, 5.41) is 5.77. The number of hydrogen-bond donors (Lipinski definition) is 2. The van der Waals surface area contributed by atoms with Crippen LogP contribution in [0.5, 0.6) is 0 Å². The smallest absolute Gasteiger partial charge is 0.224 e. The topological polar surface area (TPSA) is 58.2 Å². The average molecular weight is 340 g/mol. The molecule has 0 radical (unpaired) electrons. The number of carbonyl (C=O) groups excluding carboxylic acids is 2. The molecular weight excluding hydrogens is 319 g/mol. The molecule has 3 atom stereocenters. The van der Waals surface area contributed by atoms with Crippen molar-refractivity contribution in [3.05, 3.63) is 71.5 Å². The maximum absolute atomic E-state index is 12.9. The van der Waals surface area contributed by atoms with Gasteiger partial charge in [-0.3, -0.25) is 9.59 Å². The van der Waals surface area contributed by atoms with Crippen molar-refractivity contribution in [1.82, 2.24) is 10.6 Å². The minimum Gasteiger partial charge on any atom is -0.352 e. The molecule has 2 amide bonds. The number of nitrogens with one attached hydrogen (secondary N) is 2. The van der Waals surface area contributed by atoms with Gasteiger partial charge in [-0.15, -0.1) is 0 Å². The van der Waals surface area contributed by atoms with Gasteiger partial charge in [-0.25, -0.2) is 4.39 Å². The monoisotopic (exact) mass is 340 g/mol. The van der Waals surface area contributed by atoms with Crippen LogP contribution in [0.1, 0.15) is 30.5 Å². The maximum atomic E-state index is 12.9. The van der Waals surface area contributed by atoms with Gasteiger partial charge in [-0.2, -0.15) is 0 Å². The van der Waals surface area contributed by atoms with Crippen LogP contribution < -0.4 is 10.6 Å². The molecule has 4 nitrogen and oxygen atoms in total. The predicted octanol–water partition coefficient (Wildman–Crippen LogP) is 2.96. The molecule has 0 aromatic heterocycles. The Hall–Kier alpha value is -2.69. The van der Waals surface area contributed by atoms with Crippen LogP contribution in [-0.2, 0) is 16.1 Å². The molecule has 130 valence electrons. The molecule has 1 fully saturated rings. The van der Waals surface area contributed by atoms with E-state index in [9.17, 15) is 14.0 Å². The summed E-state index contributed by atoms with van der Waals surface area (Å²) < 4.78 is 12.9. The minimum atomic E-state index is -0.304. The largest absolute Gasteiger partial charge is 0.352 e. The highest BCUT2D eigenvalue weighted by molar-refractivity contribution is 5.92. The van der Waals surface area contributed by atoms with Gasteiger partial charge >= 0.3 is 0 Å². The maximum Gasteiger partial charge on any atom is 0.224 e. The summed E-state index contributed by atoms with van der Waals surface area (Å²) in [7, 11) is 0. The molecule has 0 spiro atoms. The van der Waals surface area contributed by atoms with Crippen LogP contribution >= 0.6 is 0 Å². The first-order valence-electron chi connectivity index (χ1n) is 8.42. The summed E-state index contributed by atoms with van der Waals surface area (Å²) in [6.45, 7) is 2.27. The summed E-state index contributed by atoms with van der Waals surface area (Å²) in [5.74, 6) is -1.06. The summed E-state index contributed by atoms with van der Waals surface area (Å²) >= 11 is 0. The van der Waals surface area contributed by atoms with E-state index >= 15 is 0 Å². The molecule has 3 rings (SSSR count). The number of hydrogen-bond acceptors (Lipinski definition) is 2. The fraction of sp³-hybridized carbons (Fsp3) is 0.300. The fourth-order valence-electron chi connectivity index (χ4n) is 2.84. The highest BCUT2D eigenvalue weighted by atomic mass is 19.1. The van der Waals surface area contributed by atoms with Crippen LogP contribution in [0.4, 0.5) is 4.39 Å². The second-order valence-corrected chi connectivity index (χ2v) is 6.43. The van der Waals surface area contributed by atoms with Gasteiger partial charge in [0.2, 0.25) is 11.8 Å². The van der Waals surface area contributed by atoms with Gasteiger partial charge in [-0.05, 0) is 36.6 Å². The first-order valence-corrected chi connectivity index (χ1v) is 8.42. The molecule has 25 heavy (non-hydrogen) atoms. The molecule has 1 saturated carbocycles. The van der Waals surface area contributed by atoms with E-state index < -0.39 is 0 Å². The first-order chi connectivity index (χ1) is 12.0. The molecule has 1 aliphatic carbocycles. The SMILES string of the molecule is CC(NC(=O)C1CC1C(=O)NCc1ccc(F)cc1)c1ccccc1. The van der Waals surface area contributed by atoms with Crippen molar-refractivity contribution in [3.63, 3.8) is 0 Å². The Morgan fingerprint density at radius 1 is 1.04 bits per heavy atom. The van der Waals surface area contributed by atoms with Gasteiger partial charge in [0.25, 0.3) is 0 Å². The van der Waals surface area contributed by atoms with Crippen molar-refractivity contribution in [3.8, 4) is 0 Å². The zero-order valence-electron chi connectivity index (χ0n) is 14.0. The highest BCUT2D eigenvalue weighted by Gasteiger charge is 2.48. The van der Waals surface area contributed by atoms with Crippen molar-refractivity contribution in [2.24, 2.45) is 11.8 Å². The van der Waals surface area contributed by atoms with Crippen molar-refractivity contribution in [2.75, 3.05) is 0 Å². The Morgan fingerprint density at radius 3 is 2.36 bits per heavy atom. The normalized spacial score (nSPS) is 19.8. The predicted molar refractivity (Wildman–Crippen MR) is 92.8 cm³/mol. The van der Waals surface area contributed by atoms with E-state index in [2.05, 4.69) is 10.6 Å². The lowest BCUT2D eigenvalue weighted by Gasteiger charge is -2.14. The zero-order chi connectivity index (χ0) is 17.8. The van der Waals surface area contributed by atoms with E-state index in [1.54, 1.807) is 12.1 Å². The van der Waals surface area contributed by atoms with Crippen molar-refractivity contribution in [2.45, 2.75) is 25.9 Å². The highest BCUT2D eigenvalue weighted by Crippen LogP contribution is 2.39. The Morgan fingerprint density at radius 2 is 1.68 bits per heavy atom. The molecule has 0 bridgehead atoms. The second kappa shape index (κ2) is 7.47. The number of halogens is 1. The molecule has 1 aliphatic rings. The first kappa shape index (κ1) is 17.1. The van der Waals surface area contributed by atoms with E-state index in [4.69, 9.17) is 0 Å². The quantitative estimate of drug-likeness (QED) is 0.849. The third kappa shape index (κ3) is 4.44. The lowest BCUT2D eigenvalue weighted by Crippen LogP contribution is -2.31. The Labute approximate surface area is 146 Å². The second-order valence-electron chi connectivity index (χ2n) is 6.43. The van der Waals surface area contributed by atoms with Gasteiger partial charge in [0, 0.05) is 6.54 Å². The molecule has 3 unspecified atom stereocenters. The molecular formula is C20H21FN2O2. The summed E-state index contributed by atoms with van der Waals surface area (Å²) in [4.78, 5) is 24.4. The van der Waals surface area contributed by atoms with E-state index in [0.717, 1.165) is 11.1 Å². The van der Waals surface area contributed by atoms with E-state index in [1.807, 2.05) is 37.3 Å². The molecule has 0 saturated heterocycles. The van der Waals surface area contributed by atoms with Gasteiger partial charge in [0.15, 0.2) is 0 Å². The molecule has 2 aromatic rings. The third-order valence-corrected chi connectivity index (χ3v) is 4.50. The van der Waals surface area contributed by atoms with E-state index in [1.165, 1.54) is 12.1 Å². The number of carbonyl (C=O) groups is 2. The third-order valence-electron chi connectivity index (χ3n) is 4.50. The number of rotatable bonds is 6. The average Bonchev–Trinajstić information content (AvgIpc) is 3.43. The Kier molecular flexibility index (Phi) is 5.12. The number of amides is 2. The van der Waals surface area contributed by atoms with E-state index in [-0.39, 0.29) is 35.5 Å². The Bertz CT molecular complexity index is 746. The lowest BCUT2D eigenvalue weighted by molar-refractivity contribution is -0.127.